The molecule has 3 rings (SSSR count). The van der Waals surface area contributed by atoms with Gasteiger partial charge in [-0.25, -0.2) is 4.98 Å². The fourth-order valence-electron chi connectivity index (χ4n) is 4.47. The molecule has 1 N–H and O–H groups in total. The zero-order valence-corrected chi connectivity index (χ0v) is 19.7. The van der Waals surface area contributed by atoms with Crippen molar-refractivity contribution in [3.8, 4) is 11.9 Å². The molecule has 2 atom stereocenters. The summed E-state index contributed by atoms with van der Waals surface area (Å²) < 4.78 is 44.0. The Kier molecular flexibility index (Phi) is 7.86. The summed E-state index contributed by atoms with van der Waals surface area (Å²) in [6.07, 6.45) is 1.82. The lowest BCUT2D eigenvalue weighted by atomic mass is 9.82. The van der Waals surface area contributed by atoms with Gasteiger partial charge in [-0.2, -0.15) is 18.4 Å². The van der Waals surface area contributed by atoms with E-state index < -0.39 is 23.2 Å². The topological polar surface area (TPSA) is 75.0 Å². The number of nitriles is 1. The first-order valence-corrected chi connectivity index (χ1v) is 11.5. The summed E-state index contributed by atoms with van der Waals surface area (Å²) in [7, 11) is 0. The largest absolute Gasteiger partial charge is 0.462 e. The molecule has 1 amide bonds. The second kappa shape index (κ2) is 10.5. The van der Waals surface area contributed by atoms with Gasteiger partial charge in [-0.1, -0.05) is 37.8 Å². The molecular formula is C26H30F3N3O2. The Labute approximate surface area is 198 Å². The average Bonchev–Trinajstić information content (AvgIpc) is 3.30. The third-order valence-corrected chi connectivity index (χ3v) is 6.44. The Morgan fingerprint density at radius 3 is 2.53 bits per heavy atom. The molecule has 1 aliphatic carbocycles. The van der Waals surface area contributed by atoms with Gasteiger partial charge in [-0.3, -0.25) is 4.79 Å². The van der Waals surface area contributed by atoms with E-state index in [0.29, 0.717) is 17.7 Å². The second-order valence-electron chi connectivity index (χ2n) is 9.49. The number of benzene rings is 1. The molecule has 1 aromatic heterocycles. The van der Waals surface area contributed by atoms with E-state index in [1.54, 1.807) is 19.9 Å². The lowest BCUT2D eigenvalue weighted by Gasteiger charge is -2.31. The molecule has 0 aliphatic heterocycles. The summed E-state index contributed by atoms with van der Waals surface area (Å²) in [6, 6.07) is 11.4. The summed E-state index contributed by atoms with van der Waals surface area (Å²) in [4.78, 5) is 16.8. The lowest BCUT2D eigenvalue weighted by Crippen LogP contribution is -2.51. The normalized spacial score (nSPS) is 16.5. The van der Waals surface area contributed by atoms with Crippen LogP contribution >= 0.6 is 0 Å². The van der Waals surface area contributed by atoms with E-state index in [9.17, 15) is 23.2 Å². The third kappa shape index (κ3) is 6.49. The number of nitrogens with zero attached hydrogens (tertiary/aromatic N) is 2. The number of hydrogen-bond donors (Lipinski definition) is 1. The van der Waals surface area contributed by atoms with E-state index >= 15 is 0 Å². The predicted octanol–water partition coefficient (Wildman–Crippen LogP) is 6.00. The molecule has 5 nitrogen and oxygen atoms in total. The van der Waals surface area contributed by atoms with E-state index in [0.717, 1.165) is 37.0 Å². The number of ether oxygens (including phenoxy) is 1. The molecule has 8 heteroatoms. The number of rotatable bonds is 8. The van der Waals surface area contributed by atoms with Gasteiger partial charge in [-0.05, 0) is 56.9 Å². The fraction of sp³-hybridized carbons (Fsp3) is 0.500. The van der Waals surface area contributed by atoms with Crippen molar-refractivity contribution < 1.29 is 22.7 Å². The molecule has 0 radical (unpaired) electrons. The van der Waals surface area contributed by atoms with E-state index in [4.69, 9.17) is 4.74 Å². The van der Waals surface area contributed by atoms with E-state index in [1.807, 2.05) is 25.1 Å². The van der Waals surface area contributed by atoms with Gasteiger partial charge < -0.3 is 10.1 Å². The lowest BCUT2D eigenvalue weighted by molar-refractivity contribution is -0.138. The van der Waals surface area contributed by atoms with Gasteiger partial charge in [0.25, 0.3) is 5.91 Å². The fourth-order valence-corrected chi connectivity index (χ4v) is 4.47. The SMILES string of the molecule is CC(NC(=O)C(C)(C)Oc1ccc(C(F)(F)F)cn1)C(CC1CCCC1)c1cccc(C#N)c1. The summed E-state index contributed by atoms with van der Waals surface area (Å²) in [5.41, 5.74) is -0.663. The molecule has 2 aromatic rings. The molecule has 182 valence electrons. The molecule has 34 heavy (non-hydrogen) atoms. The van der Waals surface area contributed by atoms with Crippen molar-refractivity contribution in [3.63, 3.8) is 0 Å². The molecule has 0 spiro atoms. The first kappa shape index (κ1) is 25.5. The van der Waals surface area contributed by atoms with Crippen LogP contribution in [-0.2, 0) is 11.0 Å². The zero-order chi connectivity index (χ0) is 24.9. The molecule has 1 fully saturated rings. The number of halogens is 3. The maximum absolute atomic E-state index is 13.1. The number of hydrogen-bond acceptors (Lipinski definition) is 4. The van der Waals surface area contributed by atoms with Gasteiger partial charge >= 0.3 is 6.18 Å². The molecule has 1 saturated carbocycles. The number of amides is 1. The zero-order valence-electron chi connectivity index (χ0n) is 19.7. The summed E-state index contributed by atoms with van der Waals surface area (Å²) in [5.74, 6) is 0.121. The Bertz CT molecular complexity index is 1020. The highest BCUT2D eigenvalue weighted by Crippen LogP contribution is 2.36. The standard InChI is InChI=1S/C26H30F3N3O2/c1-17(22(14-18-7-4-5-8-18)20-10-6-9-19(13-20)15-30)32-24(33)25(2,3)34-23-12-11-21(16-31-23)26(27,28)29/h6,9-13,16-18,22H,4-5,7-8,14H2,1-3H3,(H,32,33). The van der Waals surface area contributed by atoms with Crippen molar-refractivity contribution in [2.75, 3.05) is 0 Å². The minimum absolute atomic E-state index is 0.0142. The van der Waals surface area contributed by atoms with E-state index in [1.165, 1.54) is 12.8 Å². The minimum Gasteiger partial charge on any atom is -0.462 e. The molecule has 0 bridgehead atoms. The van der Waals surface area contributed by atoms with Crippen LogP contribution in [0.4, 0.5) is 13.2 Å². The molecule has 1 heterocycles. The van der Waals surface area contributed by atoms with Crippen LogP contribution in [0.5, 0.6) is 5.88 Å². The van der Waals surface area contributed by atoms with Gasteiger partial charge in [0, 0.05) is 24.2 Å². The summed E-state index contributed by atoms with van der Waals surface area (Å²) in [5, 5.41) is 12.3. The van der Waals surface area contributed by atoms with Gasteiger partial charge in [0.15, 0.2) is 5.60 Å². The molecule has 1 aliphatic rings. The van der Waals surface area contributed by atoms with Crippen LogP contribution in [0.25, 0.3) is 0 Å². The highest BCUT2D eigenvalue weighted by molar-refractivity contribution is 5.85. The monoisotopic (exact) mass is 473 g/mol. The summed E-state index contributed by atoms with van der Waals surface area (Å²) >= 11 is 0. The van der Waals surface area contributed by atoms with Crippen molar-refractivity contribution >= 4 is 5.91 Å². The van der Waals surface area contributed by atoms with Gasteiger partial charge in [0.05, 0.1) is 17.2 Å². The van der Waals surface area contributed by atoms with Crippen molar-refractivity contribution in [2.45, 2.75) is 76.6 Å². The first-order valence-electron chi connectivity index (χ1n) is 11.5. The predicted molar refractivity (Wildman–Crippen MR) is 122 cm³/mol. The van der Waals surface area contributed by atoms with Crippen LogP contribution in [0.1, 0.15) is 75.5 Å². The summed E-state index contributed by atoms with van der Waals surface area (Å²) in [6.45, 7) is 5.04. The molecular weight excluding hydrogens is 443 g/mol. The van der Waals surface area contributed by atoms with Crippen LogP contribution in [0.3, 0.4) is 0 Å². The highest BCUT2D eigenvalue weighted by atomic mass is 19.4. The Hall–Kier alpha value is -3.08. The van der Waals surface area contributed by atoms with Crippen LogP contribution < -0.4 is 10.1 Å². The van der Waals surface area contributed by atoms with Crippen LogP contribution in [-0.4, -0.2) is 22.5 Å². The minimum atomic E-state index is -4.50. The van der Waals surface area contributed by atoms with Crippen molar-refractivity contribution in [1.82, 2.24) is 10.3 Å². The quantitative estimate of drug-likeness (QED) is 0.510. The van der Waals surface area contributed by atoms with Gasteiger partial charge in [0.2, 0.25) is 5.88 Å². The molecule has 2 unspecified atom stereocenters. The Morgan fingerprint density at radius 1 is 1.24 bits per heavy atom. The van der Waals surface area contributed by atoms with Crippen LogP contribution in [0, 0.1) is 17.2 Å². The van der Waals surface area contributed by atoms with E-state index in [-0.39, 0.29) is 17.8 Å². The number of pyridine rings is 1. The maximum atomic E-state index is 13.1. The first-order chi connectivity index (χ1) is 16.0. The number of carbonyl (C=O) groups excluding carboxylic acids is 1. The smallest absolute Gasteiger partial charge is 0.417 e. The Morgan fingerprint density at radius 2 is 1.94 bits per heavy atom. The maximum Gasteiger partial charge on any atom is 0.417 e. The highest BCUT2D eigenvalue weighted by Gasteiger charge is 2.35. The average molecular weight is 474 g/mol. The van der Waals surface area contributed by atoms with Crippen molar-refractivity contribution in [2.24, 2.45) is 5.92 Å². The molecule has 1 aromatic carbocycles. The number of nitrogens with one attached hydrogen (secondary N) is 1. The molecule has 0 saturated heterocycles. The van der Waals surface area contributed by atoms with Crippen LogP contribution in [0.2, 0.25) is 0 Å². The van der Waals surface area contributed by atoms with Crippen molar-refractivity contribution in [1.29, 1.82) is 5.26 Å². The van der Waals surface area contributed by atoms with Crippen LogP contribution in [0.15, 0.2) is 42.6 Å². The number of aromatic nitrogens is 1. The Balaban J connectivity index is 1.73. The number of carbonyl (C=O) groups is 1. The van der Waals surface area contributed by atoms with E-state index in [2.05, 4.69) is 16.4 Å². The second-order valence-corrected chi connectivity index (χ2v) is 9.49. The van der Waals surface area contributed by atoms with Gasteiger partial charge in [-0.15, -0.1) is 0 Å². The van der Waals surface area contributed by atoms with Gasteiger partial charge in [0.1, 0.15) is 0 Å². The third-order valence-electron chi connectivity index (χ3n) is 6.44. The number of alkyl halides is 3. The van der Waals surface area contributed by atoms with Crippen molar-refractivity contribution in [3.05, 3.63) is 59.3 Å².